The Hall–Kier alpha value is -3.76. The van der Waals surface area contributed by atoms with Crippen LogP contribution in [0.5, 0.6) is 5.75 Å². The van der Waals surface area contributed by atoms with E-state index in [1.54, 1.807) is 24.7 Å². The minimum absolute atomic E-state index is 0.286. The van der Waals surface area contributed by atoms with Crippen molar-refractivity contribution in [1.29, 1.82) is 0 Å². The van der Waals surface area contributed by atoms with E-state index in [-0.39, 0.29) is 6.10 Å². The summed E-state index contributed by atoms with van der Waals surface area (Å²) in [5, 5.41) is 1.04. The minimum atomic E-state index is -1.08. The Labute approximate surface area is 260 Å². The van der Waals surface area contributed by atoms with E-state index < -0.39 is 5.79 Å². The quantitative estimate of drug-likeness (QED) is 0.219. The number of imidazole rings is 2. The van der Waals surface area contributed by atoms with Crippen LogP contribution in [0.3, 0.4) is 0 Å². The molecule has 2 unspecified atom stereocenters. The number of hydrogen-bond donors (Lipinski definition) is 0. The van der Waals surface area contributed by atoms with E-state index in [9.17, 15) is 0 Å². The summed E-state index contributed by atoms with van der Waals surface area (Å²) in [6, 6.07) is 21.9. The maximum atomic E-state index is 6.59. The van der Waals surface area contributed by atoms with Crippen LogP contribution in [-0.4, -0.2) is 64.6 Å². The van der Waals surface area contributed by atoms with Crippen molar-refractivity contribution in [1.82, 2.24) is 19.1 Å². The normalized spacial score (nSPS) is 20.7. The van der Waals surface area contributed by atoms with Gasteiger partial charge in [0.05, 0.1) is 35.5 Å². The molecule has 0 N–H and O–H groups in total. The highest BCUT2D eigenvalue weighted by molar-refractivity contribution is 6.35. The largest absolute Gasteiger partial charge is 0.491 e. The zero-order valence-electron chi connectivity index (χ0n) is 23.8. The molecule has 2 aromatic heterocycles. The van der Waals surface area contributed by atoms with Gasteiger partial charge in [0.2, 0.25) is 11.7 Å². The van der Waals surface area contributed by atoms with Crippen LogP contribution in [-0.2, 0) is 28.9 Å². The fourth-order valence-electron chi connectivity index (χ4n) is 5.90. The van der Waals surface area contributed by atoms with Crippen LogP contribution in [0.15, 0.2) is 85.5 Å². The summed E-state index contributed by atoms with van der Waals surface area (Å²) in [5.74, 6) is 0.724. The molecule has 0 radical (unpaired) electrons. The molecule has 5 aromatic rings. The number of rotatable bonds is 8. The molecule has 0 bridgehead atoms. The first-order valence-electron chi connectivity index (χ1n) is 14.3. The van der Waals surface area contributed by atoms with Crippen LogP contribution in [0.4, 0.5) is 11.6 Å². The molecular weight excluding hydrogens is 587 g/mol. The lowest BCUT2D eigenvalue weighted by atomic mass is 10.1. The van der Waals surface area contributed by atoms with Gasteiger partial charge in [0.15, 0.2) is 0 Å². The molecule has 3 aromatic carbocycles. The van der Waals surface area contributed by atoms with Crippen LogP contribution in [0.2, 0.25) is 10.0 Å². The molecule has 2 fully saturated rings. The Kier molecular flexibility index (Phi) is 7.65. The van der Waals surface area contributed by atoms with Gasteiger partial charge >= 0.3 is 0 Å². The van der Waals surface area contributed by atoms with Crippen molar-refractivity contribution in [3.8, 4) is 5.75 Å². The molecular formula is C32H32Cl2N6O3. The fraction of sp³-hybridized carbons (Fsp3) is 0.312. The maximum Gasteiger partial charge on any atom is 0.215 e. The third-order valence-electron chi connectivity index (χ3n) is 8.11. The van der Waals surface area contributed by atoms with Crippen LogP contribution in [0, 0.1) is 0 Å². The molecule has 0 amide bonds. The second-order valence-electron chi connectivity index (χ2n) is 10.9. The number of aromatic nitrogens is 4. The van der Waals surface area contributed by atoms with Crippen LogP contribution in [0.1, 0.15) is 5.56 Å². The van der Waals surface area contributed by atoms with E-state index in [1.807, 2.05) is 35.0 Å². The first-order chi connectivity index (χ1) is 21.0. The smallest absolute Gasteiger partial charge is 0.215 e. The molecule has 0 aliphatic carbocycles. The summed E-state index contributed by atoms with van der Waals surface area (Å²) in [7, 11) is 2.09. The monoisotopic (exact) mass is 618 g/mol. The number of aryl methyl sites for hydroxylation is 1. The molecule has 11 heteroatoms. The zero-order chi connectivity index (χ0) is 29.4. The van der Waals surface area contributed by atoms with E-state index in [1.165, 1.54) is 5.69 Å². The summed E-state index contributed by atoms with van der Waals surface area (Å²) in [6.45, 7) is 4.75. The number of fused-ring (bicyclic) bond motifs is 1. The van der Waals surface area contributed by atoms with Crippen LogP contribution in [0.25, 0.3) is 11.0 Å². The number of ether oxygens (including phenoxy) is 3. The van der Waals surface area contributed by atoms with Crippen molar-refractivity contribution >= 4 is 45.9 Å². The maximum absolute atomic E-state index is 6.59. The Morgan fingerprint density at radius 2 is 1.77 bits per heavy atom. The predicted molar refractivity (Wildman–Crippen MR) is 168 cm³/mol. The van der Waals surface area contributed by atoms with Gasteiger partial charge in [-0.15, -0.1) is 0 Å². The topological polar surface area (TPSA) is 69.8 Å². The number of piperazine rings is 1. The van der Waals surface area contributed by atoms with E-state index in [2.05, 4.69) is 56.7 Å². The average Bonchev–Trinajstić information content (AvgIpc) is 3.77. The third-order valence-corrected chi connectivity index (χ3v) is 8.66. The lowest BCUT2D eigenvalue weighted by molar-refractivity contribution is -0.189. The Bertz CT molecular complexity index is 1700. The molecule has 2 aliphatic rings. The Morgan fingerprint density at radius 3 is 2.51 bits per heavy atom. The molecule has 222 valence electrons. The number of halogens is 2. The number of benzene rings is 3. The standard InChI is InChI=1S/C32H32Cl2N6O3/c1-37-30-5-3-2-4-29(30)36-31(37)40-16-14-39(15-17-40)24-7-9-25(10-8-24)41-19-26-20-42-32(43-26,21-38-13-12-35-22-38)27-11-6-23(33)18-28(27)34/h2-13,18,22,26H,14-17,19-21H2,1H3. The summed E-state index contributed by atoms with van der Waals surface area (Å²) >= 11 is 12.8. The fourth-order valence-corrected chi connectivity index (χ4v) is 6.45. The van der Waals surface area contributed by atoms with Crippen LogP contribution >= 0.6 is 23.2 Å². The van der Waals surface area contributed by atoms with Crippen molar-refractivity contribution in [3.63, 3.8) is 0 Å². The van der Waals surface area contributed by atoms with Crippen molar-refractivity contribution in [2.24, 2.45) is 7.05 Å². The highest BCUT2D eigenvalue weighted by atomic mass is 35.5. The van der Waals surface area contributed by atoms with Gasteiger partial charge in [0.1, 0.15) is 18.5 Å². The van der Waals surface area contributed by atoms with Gasteiger partial charge in [-0.3, -0.25) is 0 Å². The second kappa shape index (κ2) is 11.7. The number of anilines is 2. The second-order valence-corrected chi connectivity index (χ2v) is 11.7. The molecule has 9 nitrogen and oxygen atoms in total. The Balaban J connectivity index is 0.964. The zero-order valence-corrected chi connectivity index (χ0v) is 25.3. The van der Waals surface area contributed by atoms with Crippen LogP contribution < -0.4 is 14.5 Å². The molecule has 43 heavy (non-hydrogen) atoms. The molecule has 2 atom stereocenters. The van der Waals surface area contributed by atoms with Crippen molar-refractivity contribution in [2.75, 3.05) is 49.2 Å². The van der Waals surface area contributed by atoms with Crippen molar-refractivity contribution in [3.05, 3.63) is 101 Å². The van der Waals surface area contributed by atoms with E-state index in [4.69, 9.17) is 42.4 Å². The van der Waals surface area contributed by atoms with Gasteiger partial charge in [0, 0.05) is 61.9 Å². The van der Waals surface area contributed by atoms with Crippen molar-refractivity contribution < 1.29 is 14.2 Å². The summed E-state index contributed by atoms with van der Waals surface area (Å²) in [4.78, 5) is 13.8. The molecule has 2 saturated heterocycles. The van der Waals surface area contributed by atoms with Crippen molar-refractivity contribution in [2.45, 2.75) is 18.4 Å². The van der Waals surface area contributed by atoms with E-state index in [0.717, 1.165) is 54.5 Å². The van der Waals surface area contributed by atoms with Gasteiger partial charge < -0.3 is 33.1 Å². The molecule has 7 rings (SSSR count). The molecule has 0 spiro atoms. The number of para-hydroxylation sites is 2. The lowest BCUT2D eigenvalue weighted by Gasteiger charge is -2.36. The first kappa shape index (κ1) is 28.0. The van der Waals surface area contributed by atoms with Gasteiger partial charge in [-0.1, -0.05) is 41.4 Å². The predicted octanol–water partition coefficient (Wildman–Crippen LogP) is 5.75. The van der Waals surface area contributed by atoms with Gasteiger partial charge in [-0.2, -0.15) is 0 Å². The molecule has 0 saturated carbocycles. The Morgan fingerprint density at radius 1 is 0.977 bits per heavy atom. The SMILES string of the molecule is Cn1c(N2CCN(c3ccc(OCC4COC(Cn5ccnc5)(c5ccc(Cl)cc5Cl)O4)cc3)CC2)nc2ccccc21. The molecule has 4 heterocycles. The lowest BCUT2D eigenvalue weighted by Crippen LogP contribution is -2.47. The number of hydrogen-bond acceptors (Lipinski definition) is 7. The minimum Gasteiger partial charge on any atom is -0.491 e. The summed E-state index contributed by atoms with van der Waals surface area (Å²) in [6.07, 6.45) is 5.03. The van der Waals surface area contributed by atoms with E-state index in [0.29, 0.717) is 29.8 Å². The average molecular weight is 620 g/mol. The highest BCUT2D eigenvalue weighted by Gasteiger charge is 2.45. The summed E-state index contributed by atoms with van der Waals surface area (Å²) < 4.78 is 23.0. The first-order valence-corrected chi connectivity index (χ1v) is 15.1. The molecule has 2 aliphatic heterocycles. The third kappa shape index (κ3) is 5.65. The summed E-state index contributed by atoms with van der Waals surface area (Å²) in [5.41, 5.74) is 4.08. The van der Waals surface area contributed by atoms with Gasteiger partial charge in [0.25, 0.3) is 0 Å². The van der Waals surface area contributed by atoms with E-state index >= 15 is 0 Å². The number of nitrogens with zero attached hydrogens (tertiary/aromatic N) is 6. The van der Waals surface area contributed by atoms with Gasteiger partial charge in [-0.05, 0) is 48.5 Å². The highest BCUT2D eigenvalue weighted by Crippen LogP contribution is 2.40. The van der Waals surface area contributed by atoms with Gasteiger partial charge in [-0.25, -0.2) is 9.97 Å².